The first-order valence-electron chi connectivity index (χ1n) is 7.52. The summed E-state index contributed by atoms with van der Waals surface area (Å²) in [7, 11) is -3.50. The van der Waals surface area contributed by atoms with Crippen LogP contribution >= 0.6 is 11.6 Å². The Balaban J connectivity index is 1.71. The molecule has 23 heavy (non-hydrogen) atoms. The Morgan fingerprint density at radius 2 is 1.65 bits per heavy atom. The van der Waals surface area contributed by atoms with Crippen LogP contribution in [0, 0.1) is 0 Å². The van der Waals surface area contributed by atoms with Gasteiger partial charge in [0.05, 0.1) is 11.0 Å². The van der Waals surface area contributed by atoms with E-state index in [9.17, 15) is 8.42 Å². The number of sulfonamides is 1. The Labute approximate surface area is 141 Å². The van der Waals surface area contributed by atoms with Gasteiger partial charge in [0.25, 0.3) is 0 Å². The number of halogens is 1. The van der Waals surface area contributed by atoms with Crippen LogP contribution in [-0.2, 0) is 14.8 Å². The first-order valence-corrected chi connectivity index (χ1v) is 9.38. The Kier molecular flexibility index (Phi) is 5.02. The van der Waals surface area contributed by atoms with E-state index in [0.29, 0.717) is 18.2 Å². The third-order valence-electron chi connectivity index (χ3n) is 3.87. The van der Waals surface area contributed by atoms with Gasteiger partial charge in [-0.3, -0.25) is 0 Å². The molecule has 1 atom stereocenters. The van der Waals surface area contributed by atoms with Crippen LogP contribution in [0.2, 0.25) is 5.02 Å². The van der Waals surface area contributed by atoms with Gasteiger partial charge in [-0.05, 0) is 48.2 Å². The molecule has 2 aromatic rings. The zero-order valence-electron chi connectivity index (χ0n) is 12.5. The average molecular weight is 352 g/mol. The molecule has 3 rings (SSSR count). The molecule has 0 aromatic heterocycles. The number of nitrogens with one attached hydrogen (secondary N) is 1. The second-order valence-corrected chi connectivity index (χ2v) is 7.72. The Morgan fingerprint density at radius 3 is 2.22 bits per heavy atom. The molecular weight excluding hydrogens is 334 g/mol. The normalized spacial score (nSPS) is 18.2. The van der Waals surface area contributed by atoms with Crippen molar-refractivity contribution in [2.24, 2.45) is 0 Å². The summed E-state index contributed by atoms with van der Waals surface area (Å²) in [5, 5.41) is 0.672. The van der Waals surface area contributed by atoms with Crippen molar-refractivity contribution in [1.82, 2.24) is 4.72 Å². The largest absolute Gasteiger partial charge is 0.377 e. The molecule has 1 fully saturated rings. The molecule has 0 bridgehead atoms. The van der Waals surface area contributed by atoms with Gasteiger partial charge in [0, 0.05) is 18.2 Å². The van der Waals surface area contributed by atoms with Crippen LogP contribution in [0.4, 0.5) is 0 Å². The van der Waals surface area contributed by atoms with Crippen molar-refractivity contribution in [3.63, 3.8) is 0 Å². The highest BCUT2D eigenvalue weighted by atomic mass is 35.5. The topological polar surface area (TPSA) is 55.4 Å². The minimum atomic E-state index is -3.50. The van der Waals surface area contributed by atoms with Gasteiger partial charge in [0.2, 0.25) is 10.0 Å². The third kappa shape index (κ3) is 4.12. The molecule has 0 saturated carbocycles. The summed E-state index contributed by atoms with van der Waals surface area (Å²) < 4.78 is 32.6. The minimum absolute atomic E-state index is 0.0156. The standard InChI is InChI=1S/C17H18ClNO3S/c18-15-7-3-13(4-8-15)14-5-9-17(10-6-14)23(20,21)19-12-16-2-1-11-22-16/h3-10,16,19H,1-2,11-12H2/t16-/m0/s1. The lowest BCUT2D eigenvalue weighted by Crippen LogP contribution is -2.31. The summed E-state index contributed by atoms with van der Waals surface area (Å²) in [4.78, 5) is 0.258. The molecule has 0 radical (unpaired) electrons. The van der Waals surface area contributed by atoms with Crippen molar-refractivity contribution < 1.29 is 13.2 Å². The molecule has 0 spiro atoms. The van der Waals surface area contributed by atoms with Crippen molar-refractivity contribution in [2.75, 3.05) is 13.2 Å². The molecule has 6 heteroatoms. The van der Waals surface area contributed by atoms with E-state index in [1.54, 1.807) is 24.3 Å². The van der Waals surface area contributed by atoms with Gasteiger partial charge in [-0.2, -0.15) is 0 Å². The molecule has 1 heterocycles. The molecule has 122 valence electrons. The average Bonchev–Trinajstić information content (AvgIpc) is 3.08. The molecule has 1 N–H and O–H groups in total. The predicted octanol–water partition coefficient (Wildman–Crippen LogP) is 3.46. The molecule has 0 amide bonds. The van der Waals surface area contributed by atoms with Gasteiger partial charge in [0.1, 0.15) is 0 Å². The van der Waals surface area contributed by atoms with E-state index in [-0.39, 0.29) is 11.0 Å². The molecule has 0 aliphatic carbocycles. The van der Waals surface area contributed by atoms with E-state index in [1.165, 1.54) is 0 Å². The summed E-state index contributed by atoms with van der Waals surface area (Å²) in [5.41, 5.74) is 1.94. The highest BCUT2D eigenvalue weighted by Crippen LogP contribution is 2.23. The first kappa shape index (κ1) is 16.5. The van der Waals surface area contributed by atoms with Gasteiger partial charge >= 0.3 is 0 Å². The van der Waals surface area contributed by atoms with Crippen molar-refractivity contribution >= 4 is 21.6 Å². The summed E-state index contributed by atoms with van der Waals surface area (Å²) in [5.74, 6) is 0. The van der Waals surface area contributed by atoms with Crippen molar-refractivity contribution in [3.05, 3.63) is 53.6 Å². The molecular formula is C17H18ClNO3S. The summed E-state index contributed by atoms with van der Waals surface area (Å²) in [6, 6.07) is 14.2. The fourth-order valence-corrected chi connectivity index (χ4v) is 3.75. The molecule has 4 nitrogen and oxygen atoms in total. The van der Waals surface area contributed by atoms with E-state index in [2.05, 4.69) is 4.72 Å². The first-order chi connectivity index (χ1) is 11.0. The Hall–Kier alpha value is -1.40. The molecule has 2 aromatic carbocycles. The monoisotopic (exact) mass is 351 g/mol. The van der Waals surface area contributed by atoms with E-state index in [1.807, 2.05) is 24.3 Å². The smallest absolute Gasteiger partial charge is 0.240 e. The van der Waals surface area contributed by atoms with Crippen molar-refractivity contribution in [1.29, 1.82) is 0 Å². The van der Waals surface area contributed by atoms with E-state index < -0.39 is 10.0 Å². The summed E-state index contributed by atoms with van der Waals surface area (Å²) >= 11 is 5.87. The SMILES string of the molecule is O=S(=O)(NC[C@@H]1CCCO1)c1ccc(-c2ccc(Cl)cc2)cc1. The maximum absolute atomic E-state index is 12.3. The zero-order valence-corrected chi connectivity index (χ0v) is 14.1. The van der Waals surface area contributed by atoms with Crippen LogP contribution in [-0.4, -0.2) is 27.7 Å². The minimum Gasteiger partial charge on any atom is -0.377 e. The van der Waals surface area contributed by atoms with E-state index in [4.69, 9.17) is 16.3 Å². The van der Waals surface area contributed by atoms with Gasteiger partial charge in [0.15, 0.2) is 0 Å². The third-order valence-corrected chi connectivity index (χ3v) is 5.56. The molecule has 1 aliphatic heterocycles. The Morgan fingerprint density at radius 1 is 1.04 bits per heavy atom. The number of ether oxygens (including phenoxy) is 1. The summed E-state index contributed by atoms with van der Waals surface area (Å²) in [6.07, 6.45) is 1.87. The van der Waals surface area contributed by atoms with Crippen LogP contribution < -0.4 is 4.72 Å². The van der Waals surface area contributed by atoms with E-state index >= 15 is 0 Å². The van der Waals surface area contributed by atoms with Gasteiger partial charge in [-0.15, -0.1) is 0 Å². The van der Waals surface area contributed by atoms with Crippen LogP contribution in [0.15, 0.2) is 53.4 Å². The number of hydrogen-bond donors (Lipinski definition) is 1. The lowest BCUT2D eigenvalue weighted by molar-refractivity contribution is 0.114. The maximum Gasteiger partial charge on any atom is 0.240 e. The van der Waals surface area contributed by atoms with E-state index in [0.717, 1.165) is 24.0 Å². The number of rotatable bonds is 5. The molecule has 1 saturated heterocycles. The summed E-state index contributed by atoms with van der Waals surface area (Å²) in [6.45, 7) is 1.03. The number of hydrogen-bond acceptors (Lipinski definition) is 3. The fourth-order valence-electron chi connectivity index (χ4n) is 2.56. The van der Waals surface area contributed by atoms with Crippen LogP contribution in [0.3, 0.4) is 0 Å². The van der Waals surface area contributed by atoms with Crippen molar-refractivity contribution in [3.8, 4) is 11.1 Å². The highest BCUT2D eigenvalue weighted by molar-refractivity contribution is 7.89. The maximum atomic E-state index is 12.3. The Bertz CT molecular complexity index is 751. The lowest BCUT2D eigenvalue weighted by atomic mass is 10.1. The van der Waals surface area contributed by atoms with Crippen LogP contribution in [0.5, 0.6) is 0 Å². The highest BCUT2D eigenvalue weighted by Gasteiger charge is 2.20. The molecule has 0 unspecified atom stereocenters. The molecule has 1 aliphatic rings. The zero-order chi connectivity index (χ0) is 16.3. The van der Waals surface area contributed by atoms with Gasteiger partial charge in [-0.1, -0.05) is 35.9 Å². The lowest BCUT2D eigenvalue weighted by Gasteiger charge is -2.11. The van der Waals surface area contributed by atoms with Gasteiger partial charge < -0.3 is 4.74 Å². The van der Waals surface area contributed by atoms with Gasteiger partial charge in [-0.25, -0.2) is 13.1 Å². The second-order valence-electron chi connectivity index (χ2n) is 5.52. The van der Waals surface area contributed by atoms with Crippen LogP contribution in [0.25, 0.3) is 11.1 Å². The van der Waals surface area contributed by atoms with Crippen LogP contribution in [0.1, 0.15) is 12.8 Å². The quantitative estimate of drug-likeness (QED) is 0.897. The van der Waals surface area contributed by atoms with Crippen molar-refractivity contribution in [2.45, 2.75) is 23.8 Å². The second kappa shape index (κ2) is 7.01. The predicted molar refractivity (Wildman–Crippen MR) is 91.1 cm³/mol. The number of benzene rings is 2. The fraction of sp³-hybridized carbons (Fsp3) is 0.294.